The van der Waals surface area contributed by atoms with Crippen molar-refractivity contribution in [1.82, 2.24) is 19.7 Å². The molecule has 6 nitrogen and oxygen atoms in total. The van der Waals surface area contributed by atoms with E-state index in [0.29, 0.717) is 11.8 Å². The van der Waals surface area contributed by atoms with E-state index in [-0.39, 0.29) is 24.1 Å². The van der Waals surface area contributed by atoms with E-state index < -0.39 is 0 Å². The second-order valence-electron chi connectivity index (χ2n) is 8.61. The van der Waals surface area contributed by atoms with E-state index in [9.17, 15) is 4.79 Å². The van der Waals surface area contributed by atoms with Gasteiger partial charge < -0.3 is 9.64 Å². The van der Waals surface area contributed by atoms with Gasteiger partial charge in [-0.15, -0.1) is 12.4 Å². The van der Waals surface area contributed by atoms with E-state index in [4.69, 9.17) is 9.84 Å². The summed E-state index contributed by atoms with van der Waals surface area (Å²) in [4.78, 5) is 20.4. The van der Waals surface area contributed by atoms with Crippen LogP contribution in [-0.4, -0.2) is 52.2 Å². The number of hydrogen-bond acceptors (Lipinski definition) is 5. The van der Waals surface area contributed by atoms with Gasteiger partial charge in [0.25, 0.3) is 0 Å². The van der Waals surface area contributed by atoms with Crippen LogP contribution in [0.3, 0.4) is 0 Å². The highest BCUT2D eigenvalue weighted by molar-refractivity contribution is 6.11. The number of Topliss-reactive ketones (excluding diaryl/α,β-unsaturated/α-hetero) is 1. The first kappa shape index (κ1) is 19.5. The largest absolute Gasteiger partial charge is 0.497 e. The first-order valence-electron chi connectivity index (χ1n) is 10.5. The highest BCUT2D eigenvalue weighted by Gasteiger charge is 2.44. The minimum atomic E-state index is 0. The summed E-state index contributed by atoms with van der Waals surface area (Å²) in [6.07, 6.45) is 6.77. The van der Waals surface area contributed by atoms with Crippen LogP contribution in [0.25, 0.3) is 16.6 Å². The van der Waals surface area contributed by atoms with Crippen molar-refractivity contribution in [2.75, 3.05) is 26.7 Å². The molecule has 2 aromatic heterocycles. The van der Waals surface area contributed by atoms with Gasteiger partial charge in [-0.25, -0.2) is 4.68 Å². The SMILES string of the molecule is COc1ccc(-n2nc3c4c(cncc42)C(=O)[C@@H](C2CN4CCC2CC4)C3)cc1.Cl. The molecule has 3 aliphatic heterocycles. The van der Waals surface area contributed by atoms with Crippen molar-refractivity contribution in [2.45, 2.75) is 19.3 Å². The van der Waals surface area contributed by atoms with Gasteiger partial charge >= 0.3 is 0 Å². The van der Waals surface area contributed by atoms with Crippen molar-refractivity contribution in [3.8, 4) is 11.4 Å². The van der Waals surface area contributed by atoms with Crippen LogP contribution < -0.4 is 4.74 Å². The zero-order chi connectivity index (χ0) is 19.5. The second kappa shape index (κ2) is 7.36. The summed E-state index contributed by atoms with van der Waals surface area (Å²) in [5.41, 5.74) is 3.65. The third-order valence-corrected chi connectivity index (χ3v) is 7.22. The Morgan fingerprint density at radius 3 is 2.53 bits per heavy atom. The number of fused-ring (bicyclic) bond motifs is 3. The number of pyridine rings is 1. The molecule has 2 bridgehead atoms. The number of carbonyl (C=O) groups is 1. The van der Waals surface area contributed by atoms with Gasteiger partial charge in [-0.2, -0.15) is 5.10 Å². The zero-order valence-corrected chi connectivity index (χ0v) is 17.8. The molecule has 3 fully saturated rings. The Labute approximate surface area is 181 Å². The quantitative estimate of drug-likeness (QED) is 0.643. The van der Waals surface area contributed by atoms with Crippen LogP contribution in [0, 0.1) is 17.8 Å². The van der Waals surface area contributed by atoms with E-state index in [1.165, 1.54) is 25.9 Å². The Hall–Kier alpha value is -2.44. The van der Waals surface area contributed by atoms with Gasteiger partial charge in [0.05, 0.1) is 30.2 Å². The molecule has 3 aromatic rings. The molecule has 0 radical (unpaired) electrons. The summed E-state index contributed by atoms with van der Waals surface area (Å²) >= 11 is 0. The Bertz CT molecular complexity index is 1100. The molecule has 1 aromatic carbocycles. The number of carbonyl (C=O) groups excluding carboxylic acids is 1. The fourth-order valence-electron chi connectivity index (χ4n) is 5.70. The minimum Gasteiger partial charge on any atom is -0.497 e. The van der Waals surface area contributed by atoms with Crippen molar-refractivity contribution in [3.63, 3.8) is 0 Å². The number of benzene rings is 1. The van der Waals surface area contributed by atoms with Crippen LogP contribution >= 0.6 is 12.4 Å². The van der Waals surface area contributed by atoms with Crippen molar-refractivity contribution in [2.24, 2.45) is 17.8 Å². The second-order valence-corrected chi connectivity index (χ2v) is 8.61. The molecular weight excluding hydrogens is 400 g/mol. The first-order chi connectivity index (χ1) is 14.2. The summed E-state index contributed by atoms with van der Waals surface area (Å²) < 4.78 is 7.20. The molecule has 156 valence electrons. The molecule has 0 saturated carbocycles. The average molecular weight is 425 g/mol. The number of methoxy groups -OCH3 is 1. The lowest BCUT2D eigenvalue weighted by Crippen LogP contribution is -2.51. The zero-order valence-electron chi connectivity index (χ0n) is 17.0. The van der Waals surface area contributed by atoms with Gasteiger partial charge in [-0.05, 0) is 62.0 Å². The van der Waals surface area contributed by atoms with Crippen LogP contribution in [0.2, 0.25) is 0 Å². The normalized spacial score (nSPS) is 27.2. The molecule has 2 atom stereocenters. The van der Waals surface area contributed by atoms with Gasteiger partial charge in [-0.3, -0.25) is 9.78 Å². The summed E-state index contributed by atoms with van der Waals surface area (Å²) in [5, 5.41) is 5.94. The lowest BCUT2D eigenvalue weighted by atomic mass is 9.67. The van der Waals surface area contributed by atoms with Crippen molar-refractivity contribution < 1.29 is 9.53 Å². The van der Waals surface area contributed by atoms with Crippen LogP contribution in [0.5, 0.6) is 5.75 Å². The van der Waals surface area contributed by atoms with E-state index in [2.05, 4.69) is 9.88 Å². The molecule has 0 spiro atoms. The molecule has 1 aliphatic carbocycles. The lowest BCUT2D eigenvalue weighted by Gasteiger charge is -2.47. The molecule has 1 unspecified atom stereocenters. The summed E-state index contributed by atoms with van der Waals surface area (Å²) in [6.45, 7) is 3.44. The molecule has 30 heavy (non-hydrogen) atoms. The van der Waals surface area contributed by atoms with Gasteiger partial charge in [0.2, 0.25) is 0 Å². The third kappa shape index (κ3) is 2.85. The number of aromatic nitrogens is 3. The standard InChI is InChI=1S/C23H24N4O2.ClH/c1-29-16-4-2-15(3-5-16)27-21-12-24-11-18-22(21)20(25-27)10-17(23(18)28)19-13-26-8-6-14(19)7-9-26;/h2-5,11-12,14,17,19H,6-10,13H2,1H3;1H/t17-,19?;/m1./s1. The first-order valence-corrected chi connectivity index (χ1v) is 10.5. The smallest absolute Gasteiger partial charge is 0.168 e. The maximum Gasteiger partial charge on any atom is 0.168 e. The molecule has 0 amide bonds. The number of halogens is 1. The predicted octanol–water partition coefficient (Wildman–Crippen LogP) is 3.55. The third-order valence-electron chi connectivity index (χ3n) is 7.22. The van der Waals surface area contributed by atoms with E-state index in [0.717, 1.165) is 46.6 Å². The summed E-state index contributed by atoms with van der Waals surface area (Å²) in [6, 6.07) is 7.85. The number of piperidine rings is 3. The van der Waals surface area contributed by atoms with Gasteiger partial charge in [0.1, 0.15) is 5.75 Å². The maximum absolute atomic E-state index is 13.5. The van der Waals surface area contributed by atoms with Crippen LogP contribution in [0.15, 0.2) is 36.7 Å². The summed E-state index contributed by atoms with van der Waals surface area (Å²) in [5.74, 6) is 2.22. The number of hydrogen-bond donors (Lipinski definition) is 0. The Morgan fingerprint density at radius 2 is 1.87 bits per heavy atom. The Kier molecular flexibility index (Phi) is 4.79. The molecular formula is C23H25ClN4O2. The highest BCUT2D eigenvalue weighted by Crippen LogP contribution is 2.42. The minimum absolute atomic E-state index is 0. The van der Waals surface area contributed by atoms with E-state index in [1.807, 2.05) is 35.1 Å². The molecule has 7 heteroatoms. The van der Waals surface area contributed by atoms with Crippen molar-refractivity contribution >= 4 is 29.1 Å². The molecule has 7 rings (SSSR count). The van der Waals surface area contributed by atoms with Gasteiger partial charge in [0, 0.05) is 36.0 Å². The Balaban J connectivity index is 0.00000193. The average Bonchev–Trinajstić information content (AvgIpc) is 3.16. The number of ketones is 1. The molecule has 0 N–H and O–H groups in total. The topological polar surface area (TPSA) is 60.2 Å². The number of nitrogens with zero attached hydrogens (tertiary/aromatic N) is 4. The maximum atomic E-state index is 13.5. The fourth-order valence-corrected chi connectivity index (χ4v) is 5.70. The Morgan fingerprint density at radius 1 is 1.10 bits per heavy atom. The predicted molar refractivity (Wildman–Crippen MR) is 117 cm³/mol. The molecule has 4 aliphatic rings. The molecule has 5 heterocycles. The number of ether oxygens (including phenoxy) is 1. The van der Waals surface area contributed by atoms with E-state index in [1.54, 1.807) is 13.3 Å². The monoisotopic (exact) mass is 424 g/mol. The van der Waals surface area contributed by atoms with Crippen LogP contribution in [0.1, 0.15) is 28.9 Å². The van der Waals surface area contributed by atoms with Crippen LogP contribution in [-0.2, 0) is 6.42 Å². The lowest BCUT2D eigenvalue weighted by molar-refractivity contribution is 0.0192. The number of rotatable bonds is 3. The molecule has 3 saturated heterocycles. The van der Waals surface area contributed by atoms with Gasteiger partial charge in [0.15, 0.2) is 5.78 Å². The highest BCUT2D eigenvalue weighted by atomic mass is 35.5. The summed E-state index contributed by atoms with van der Waals surface area (Å²) in [7, 11) is 1.66. The van der Waals surface area contributed by atoms with Gasteiger partial charge in [-0.1, -0.05) is 0 Å². The van der Waals surface area contributed by atoms with Crippen LogP contribution in [0.4, 0.5) is 0 Å². The fraction of sp³-hybridized carbons (Fsp3) is 0.435. The van der Waals surface area contributed by atoms with Crippen molar-refractivity contribution in [1.29, 1.82) is 0 Å². The van der Waals surface area contributed by atoms with E-state index >= 15 is 0 Å². The van der Waals surface area contributed by atoms with Crippen molar-refractivity contribution in [3.05, 3.63) is 47.9 Å².